The molecule has 12 atom stereocenters. The summed E-state index contributed by atoms with van der Waals surface area (Å²) in [5.41, 5.74) is 4.94. The SMILES string of the molecule is CO[C@]1(C)C[C@@H](C)C(=O)[C@H](C)C2C(COC(=O)C(C)C(=O)C(C)[C@H]1OC1CC(N(C)C)CC(C)O1)OC(=O)C2/C(N)=N/OI. The van der Waals surface area contributed by atoms with E-state index in [9.17, 15) is 19.2 Å². The number of nitrogens with zero attached hydrogens (tertiary/aromatic N) is 2. The fourth-order valence-corrected chi connectivity index (χ4v) is 7.22. The Hall–Kier alpha value is -1.88. The Bertz CT molecular complexity index is 1100. The highest BCUT2D eigenvalue weighted by atomic mass is 127. The largest absolute Gasteiger partial charge is 0.461 e. The van der Waals surface area contributed by atoms with Crippen LogP contribution in [0.5, 0.6) is 0 Å². The van der Waals surface area contributed by atoms with E-state index in [-0.39, 0.29) is 36.8 Å². The van der Waals surface area contributed by atoms with E-state index in [1.807, 2.05) is 21.0 Å². The molecule has 0 bridgehead atoms. The summed E-state index contributed by atoms with van der Waals surface area (Å²) >= 11 is 1.52. The fraction of sp³-hybridized carbons (Fsp3) is 0.833. The first-order chi connectivity index (χ1) is 20.6. The van der Waals surface area contributed by atoms with Crippen molar-refractivity contribution < 1.29 is 46.0 Å². The molecule has 14 heteroatoms. The van der Waals surface area contributed by atoms with Gasteiger partial charge in [-0.05, 0) is 47.7 Å². The molecule has 250 valence electrons. The third-order valence-corrected chi connectivity index (χ3v) is 9.84. The highest BCUT2D eigenvalue weighted by molar-refractivity contribution is 14.1. The van der Waals surface area contributed by atoms with Crippen LogP contribution in [0.4, 0.5) is 0 Å². The van der Waals surface area contributed by atoms with Crippen molar-refractivity contribution in [3.8, 4) is 0 Å². The quantitative estimate of drug-likeness (QED) is 0.106. The normalized spacial score (nSPS) is 41.5. The maximum atomic E-state index is 14.0. The van der Waals surface area contributed by atoms with Crippen LogP contribution >= 0.6 is 23.0 Å². The molecule has 3 heterocycles. The van der Waals surface area contributed by atoms with Gasteiger partial charge in [0.15, 0.2) is 17.9 Å². The molecule has 0 radical (unpaired) electrons. The minimum absolute atomic E-state index is 0.0828. The van der Waals surface area contributed by atoms with Crippen LogP contribution in [-0.2, 0) is 46.0 Å². The molecule has 3 rings (SSSR count). The number of Topliss-reactive ketones (excluding diaryl/α,β-unsaturated/α-hetero) is 2. The van der Waals surface area contributed by atoms with Gasteiger partial charge >= 0.3 is 11.9 Å². The Balaban J connectivity index is 2.04. The molecule has 0 saturated carbocycles. The summed E-state index contributed by atoms with van der Waals surface area (Å²) in [6, 6.07) is 0.197. The number of halogens is 1. The van der Waals surface area contributed by atoms with E-state index in [4.69, 9.17) is 32.6 Å². The number of fused-ring (bicyclic) bond motifs is 1. The van der Waals surface area contributed by atoms with Gasteiger partial charge in [0.25, 0.3) is 0 Å². The highest BCUT2D eigenvalue weighted by Gasteiger charge is 2.54. The van der Waals surface area contributed by atoms with Crippen molar-refractivity contribution in [1.29, 1.82) is 0 Å². The summed E-state index contributed by atoms with van der Waals surface area (Å²) in [4.78, 5) is 56.1. The maximum Gasteiger partial charge on any atom is 0.317 e. The number of cyclic esters (lactones) is 1. The smallest absolute Gasteiger partial charge is 0.317 e. The minimum Gasteiger partial charge on any atom is -0.461 e. The fourth-order valence-electron chi connectivity index (χ4n) is 6.99. The predicted molar refractivity (Wildman–Crippen MR) is 167 cm³/mol. The van der Waals surface area contributed by atoms with E-state index in [1.165, 1.54) is 37.0 Å². The van der Waals surface area contributed by atoms with Gasteiger partial charge in [-0.2, -0.15) is 0 Å². The van der Waals surface area contributed by atoms with Crippen molar-refractivity contribution >= 4 is 52.3 Å². The zero-order chi connectivity index (χ0) is 33.1. The number of rotatable bonds is 6. The lowest BCUT2D eigenvalue weighted by Crippen LogP contribution is -2.55. The average molecular weight is 738 g/mol. The molecule has 13 nitrogen and oxygen atoms in total. The van der Waals surface area contributed by atoms with Crippen molar-refractivity contribution in [2.45, 2.75) is 97.0 Å². The maximum absolute atomic E-state index is 14.0. The Morgan fingerprint density at radius 3 is 2.27 bits per heavy atom. The first-order valence-electron chi connectivity index (χ1n) is 15.1. The average Bonchev–Trinajstić information content (AvgIpc) is 3.31. The second kappa shape index (κ2) is 15.1. The lowest BCUT2D eigenvalue weighted by molar-refractivity contribution is -0.262. The van der Waals surface area contributed by atoms with Gasteiger partial charge in [-0.1, -0.05) is 25.9 Å². The number of nitrogens with two attached hydrogens (primary N) is 1. The zero-order valence-electron chi connectivity index (χ0n) is 27.1. The first-order valence-corrected chi connectivity index (χ1v) is 16.0. The first kappa shape index (κ1) is 36.6. The van der Waals surface area contributed by atoms with Gasteiger partial charge in [0.2, 0.25) is 23.0 Å². The Kier molecular flexibility index (Phi) is 12.6. The van der Waals surface area contributed by atoms with Crippen LogP contribution < -0.4 is 5.73 Å². The standard InChI is InChI=1S/C30H48IN3O10/c1-14-12-30(6,39-9)26(43-21-11-19(34(7)8)10-15(2)41-21)17(4)25(36)18(5)28(37)40-13-20-22(16(3)24(14)35)23(29(38)42-20)27(32)33-44-31/h14-23,26H,10-13H2,1-9H3,(H2,32,33)/t14-,15?,16-,17?,18?,19?,20?,21?,22?,23?,26-,30-/m1/s1. The second-order valence-electron chi connectivity index (χ2n) is 13.0. The van der Waals surface area contributed by atoms with Crippen LogP contribution in [0.15, 0.2) is 5.16 Å². The summed E-state index contributed by atoms with van der Waals surface area (Å²) < 4.78 is 34.7. The zero-order valence-corrected chi connectivity index (χ0v) is 29.3. The molecule has 3 aliphatic rings. The number of methoxy groups -OCH3 is 1. The van der Waals surface area contributed by atoms with Gasteiger partial charge in [-0.15, -0.1) is 0 Å². The van der Waals surface area contributed by atoms with Crippen molar-refractivity contribution in [3.05, 3.63) is 0 Å². The number of ether oxygens (including phenoxy) is 5. The number of carbonyl (C=O) groups is 4. The lowest BCUT2D eigenvalue weighted by atomic mass is 9.72. The minimum atomic E-state index is -1.15. The molecule has 3 aliphatic heterocycles. The summed E-state index contributed by atoms with van der Waals surface area (Å²) in [7, 11) is 5.51. The number of esters is 2. The van der Waals surface area contributed by atoms with Gasteiger partial charge in [-0.3, -0.25) is 19.2 Å². The van der Waals surface area contributed by atoms with Gasteiger partial charge in [-0.25, -0.2) is 0 Å². The van der Waals surface area contributed by atoms with E-state index in [0.717, 1.165) is 6.42 Å². The lowest BCUT2D eigenvalue weighted by Gasteiger charge is -2.45. The molecule has 0 aromatic heterocycles. The van der Waals surface area contributed by atoms with Gasteiger partial charge < -0.3 is 37.5 Å². The van der Waals surface area contributed by atoms with E-state index in [0.29, 0.717) is 6.42 Å². The van der Waals surface area contributed by atoms with Crippen molar-refractivity contribution in [2.24, 2.45) is 46.4 Å². The van der Waals surface area contributed by atoms with Crippen molar-refractivity contribution in [2.75, 3.05) is 27.8 Å². The van der Waals surface area contributed by atoms with Crippen molar-refractivity contribution in [1.82, 2.24) is 4.90 Å². The van der Waals surface area contributed by atoms with Crippen LogP contribution in [-0.4, -0.2) is 98.3 Å². The van der Waals surface area contributed by atoms with Crippen LogP contribution in [0.25, 0.3) is 0 Å². The molecule has 44 heavy (non-hydrogen) atoms. The van der Waals surface area contributed by atoms with E-state index in [2.05, 4.69) is 10.1 Å². The summed E-state index contributed by atoms with van der Waals surface area (Å²) in [6.07, 6.45) is -0.993. The third-order valence-electron chi connectivity index (χ3n) is 9.64. The van der Waals surface area contributed by atoms with E-state index >= 15 is 0 Å². The molecular formula is C30H48IN3O10. The summed E-state index contributed by atoms with van der Waals surface area (Å²) in [6.45, 7) is 10.1. The van der Waals surface area contributed by atoms with Gasteiger partial charge in [0.05, 0.1) is 17.8 Å². The summed E-state index contributed by atoms with van der Waals surface area (Å²) in [5.74, 6) is -7.43. The number of amidine groups is 1. The Morgan fingerprint density at radius 2 is 1.68 bits per heavy atom. The molecule has 0 aromatic carbocycles. The third kappa shape index (κ3) is 7.91. The molecule has 0 aliphatic carbocycles. The summed E-state index contributed by atoms with van der Waals surface area (Å²) in [5, 5.41) is 3.72. The van der Waals surface area contributed by atoms with E-state index in [1.54, 1.807) is 27.7 Å². The van der Waals surface area contributed by atoms with Crippen LogP contribution in [0.1, 0.15) is 60.8 Å². The number of hydrogen-bond donors (Lipinski definition) is 1. The highest BCUT2D eigenvalue weighted by Crippen LogP contribution is 2.40. The number of oxime groups is 1. The molecule has 3 fully saturated rings. The second-order valence-corrected chi connectivity index (χ2v) is 13.4. The number of carbonyl (C=O) groups excluding carboxylic acids is 4. The Labute approximate surface area is 273 Å². The van der Waals surface area contributed by atoms with E-state index < -0.39 is 77.3 Å². The topological polar surface area (TPSA) is 165 Å². The van der Waals surface area contributed by atoms with Gasteiger partial charge in [0.1, 0.15) is 30.3 Å². The number of ketones is 2. The molecule has 8 unspecified atom stereocenters. The van der Waals surface area contributed by atoms with Crippen LogP contribution in [0, 0.1) is 35.5 Å². The number of hydrogen-bond acceptors (Lipinski definition) is 12. The molecule has 2 N–H and O–H groups in total. The van der Waals surface area contributed by atoms with Crippen LogP contribution in [0.3, 0.4) is 0 Å². The van der Waals surface area contributed by atoms with Gasteiger partial charge in [0, 0.05) is 43.2 Å². The Morgan fingerprint density at radius 1 is 1.02 bits per heavy atom. The molecule has 0 spiro atoms. The van der Waals surface area contributed by atoms with Crippen LogP contribution in [0.2, 0.25) is 0 Å². The molecule has 3 saturated heterocycles. The molecular weight excluding hydrogens is 689 g/mol. The van der Waals surface area contributed by atoms with Crippen molar-refractivity contribution in [3.63, 3.8) is 0 Å². The monoisotopic (exact) mass is 737 g/mol. The molecule has 0 amide bonds. The molecule has 0 aromatic rings. The predicted octanol–water partition coefficient (Wildman–Crippen LogP) is 2.66.